The number of nitrogens with zero attached hydrogens (tertiary/aromatic N) is 2. The second-order valence-corrected chi connectivity index (χ2v) is 4.24. The molecule has 1 aromatic heterocycles. The van der Waals surface area contributed by atoms with Crippen LogP contribution in [0.25, 0.3) is 11.3 Å². The van der Waals surface area contributed by atoms with Gasteiger partial charge in [-0.15, -0.1) is 0 Å². The molecule has 92 valence electrons. The summed E-state index contributed by atoms with van der Waals surface area (Å²) >= 11 is 0. The van der Waals surface area contributed by atoms with Crippen LogP contribution in [-0.4, -0.2) is 21.0 Å². The zero-order chi connectivity index (χ0) is 13.1. The first-order chi connectivity index (χ1) is 8.58. The first-order valence-corrected chi connectivity index (χ1v) is 5.67. The van der Waals surface area contributed by atoms with Crippen molar-refractivity contribution in [3.63, 3.8) is 0 Å². The average molecular weight is 242 g/mol. The first-order valence-electron chi connectivity index (χ1n) is 5.67. The molecule has 18 heavy (non-hydrogen) atoms. The minimum atomic E-state index is -0.901. The topological polar surface area (TPSA) is 63.1 Å². The fourth-order valence-corrected chi connectivity index (χ4v) is 1.94. The normalized spacial score (nSPS) is 10.3. The number of rotatable bonds is 3. The zero-order valence-corrected chi connectivity index (χ0v) is 10.3. The van der Waals surface area contributed by atoms with E-state index in [1.165, 1.54) is 11.8 Å². The van der Waals surface area contributed by atoms with Gasteiger partial charge in [-0.25, -0.2) is 0 Å². The van der Waals surface area contributed by atoms with Crippen molar-refractivity contribution in [2.45, 2.75) is 20.3 Å². The van der Waals surface area contributed by atoms with Gasteiger partial charge in [0.1, 0.15) is 0 Å². The first kappa shape index (κ1) is 12.2. The van der Waals surface area contributed by atoms with Gasteiger partial charge >= 0.3 is 5.97 Å². The van der Waals surface area contributed by atoms with Gasteiger partial charge in [0.2, 0.25) is 0 Å². The van der Waals surface area contributed by atoms with E-state index < -0.39 is 5.97 Å². The summed E-state index contributed by atoms with van der Waals surface area (Å²) in [5.74, 6) is -0.901. The van der Waals surface area contributed by atoms with Crippen LogP contribution in [0.1, 0.15) is 16.8 Å². The van der Waals surface area contributed by atoms with E-state index in [-0.39, 0.29) is 6.42 Å². The predicted octanol–water partition coefficient (Wildman–Crippen LogP) is 2.39. The molecular weight excluding hydrogens is 228 g/mol. The Morgan fingerprint density at radius 3 is 2.61 bits per heavy atom. The van der Waals surface area contributed by atoms with E-state index in [4.69, 9.17) is 5.11 Å². The minimum absolute atomic E-state index is 0.115. The summed E-state index contributed by atoms with van der Waals surface area (Å²) in [4.78, 5) is 19.2. The summed E-state index contributed by atoms with van der Waals surface area (Å²) in [5, 5.41) is 8.88. The van der Waals surface area contributed by atoms with Gasteiger partial charge in [-0.05, 0) is 19.4 Å². The smallest absolute Gasteiger partial charge is 0.309 e. The molecule has 1 aromatic carbocycles. The van der Waals surface area contributed by atoms with Crippen molar-refractivity contribution in [2.75, 3.05) is 0 Å². The SMILES string of the molecule is Cc1ccc(-c2nccnc2CC(=O)O)c(C)c1. The second kappa shape index (κ2) is 4.96. The summed E-state index contributed by atoms with van der Waals surface area (Å²) in [7, 11) is 0. The van der Waals surface area contributed by atoms with Crippen LogP contribution in [0.15, 0.2) is 30.6 Å². The molecule has 0 radical (unpaired) electrons. The molecule has 0 bridgehead atoms. The third kappa shape index (κ3) is 2.53. The number of aryl methyl sites for hydroxylation is 2. The Hall–Kier alpha value is -2.23. The Balaban J connectivity index is 2.53. The molecule has 0 saturated heterocycles. The highest BCUT2D eigenvalue weighted by Crippen LogP contribution is 2.24. The maximum absolute atomic E-state index is 10.8. The third-order valence-electron chi connectivity index (χ3n) is 2.73. The predicted molar refractivity (Wildman–Crippen MR) is 68.3 cm³/mol. The van der Waals surface area contributed by atoms with Crippen LogP contribution in [0, 0.1) is 13.8 Å². The van der Waals surface area contributed by atoms with E-state index in [9.17, 15) is 4.79 Å². The monoisotopic (exact) mass is 242 g/mol. The number of aliphatic carboxylic acids is 1. The van der Waals surface area contributed by atoms with E-state index in [0.29, 0.717) is 11.4 Å². The molecule has 0 amide bonds. The summed E-state index contributed by atoms with van der Waals surface area (Å²) in [5.41, 5.74) is 4.32. The largest absolute Gasteiger partial charge is 0.481 e. The molecule has 1 heterocycles. The number of benzene rings is 1. The van der Waals surface area contributed by atoms with Crippen LogP contribution in [0.4, 0.5) is 0 Å². The van der Waals surface area contributed by atoms with Gasteiger partial charge < -0.3 is 5.11 Å². The van der Waals surface area contributed by atoms with Crippen molar-refractivity contribution >= 4 is 5.97 Å². The molecule has 0 aliphatic carbocycles. The molecule has 0 aliphatic rings. The van der Waals surface area contributed by atoms with Gasteiger partial charge in [-0.3, -0.25) is 14.8 Å². The molecule has 0 aliphatic heterocycles. The maximum Gasteiger partial charge on any atom is 0.309 e. The van der Waals surface area contributed by atoms with E-state index in [1.54, 1.807) is 6.20 Å². The molecule has 0 atom stereocenters. The molecule has 0 unspecified atom stereocenters. The standard InChI is InChI=1S/C14H14N2O2/c1-9-3-4-11(10(2)7-9)14-12(8-13(17)18)15-5-6-16-14/h3-7H,8H2,1-2H3,(H,17,18). The molecule has 0 fully saturated rings. The summed E-state index contributed by atoms with van der Waals surface area (Å²) in [6.07, 6.45) is 2.99. The molecule has 1 N–H and O–H groups in total. The van der Waals surface area contributed by atoms with E-state index >= 15 is 0 Å². The van der Waals surface area contributed by atoms with Crippen LogP contribution in [-0.2, 0) is 11.2 Å². The number of aromatic nitrogens is 2. The summed E-state index contributed by atoms with van der Waals surface area (Å²) in [6, 6.07) is 6.00. The third-order valence-corrected chi connectivity index (χ3v) is 2.73. The summed E-state index contributed by atoms with van der Waals surface area (Å²) in [6.45, 7) is 4.01. The highest BCUT2D eigenvalue weighted by atomic mass is 16.4. The molecule has 2 aromatic rings. The van der Waals surface area contributed by atoms with Crippen LogP contribution in [0.5, 0.6) is 0 Å². The highest BCUT2D eigenvalue weighted by molar-refractivity contribution is 5.74. The molecule has 0 saturated carbocycles. The number of carboxylic acids is 1. The van der Waals surface area contributed by atoms with Crippen molar-refractivity contribution < 1.29 is 9.90 Å². The summed E-state index contributed by atoms with van der Waals surface area (Å²) < 4.78 is 0. The Kier molecular flexibility index (Phi) is 3.37. The van der Waals surface area contributed by atoms with Gasteiger partial charge in [0.05, 0.1) is 17.8 Å². The van der Waals surface area contributed by atoms with E-state index in [1.807, 2.05) is 26.0 Å². The van der Waals surface area contributed by atoms with Gasteiger partial charge in [-0.2, -0.15) is 0 Å². The fourth-order valence-electron chi connectivity index (χ4n) is 1.94. The highest BCUT2D eigenvalue weighted by Gasteiger charge is 2.12. The van der Waals surface area contributed by atoms with Crippen LogP contribution < -0.4 is 0 Å². The quantitative estimate of drug-likeness (QED) is 0.897. The lowest BCUT2D eigenvalue weighted by Gasteiger charge is -2.09. The fraction of sp³-hybridized carbons (Fsp3) is 0.214. The number of hydrogen-bond donors (Lipinski definition) is 1. The maximum atomic E-state index is 10.8. The molecule has 4 nitrogen and oxygen atoms in total. The average Bonchev–Trinajstić information content (AvgIpc) is 2.30. The van der Waals surface area contributed by atoms with Crippen LogP contribution >= 0.6 is 0 Å². The van der Waals surface area contributed by atoms with Gasteiger partial charge in [0.15, 0.2) is 0 Å². The number of carbonyl (C=O) groups is 1. The Morgan fingerprint density at radius 1 is 1.22 bits per heavy atom. The molecule has 2 rings (SSSR count). The van der Waals surface area contributed by atoms with Gasteiger partial charge in [-0.1, -0.05) is 23.8 Å². The van der Waals surface area contributed by atoms with Crippen LogP contribution in [0.3, 0.4) is 0 Å². The lowest BCUT2D eigenvalue weighted by molar-refractivity contribution is -0.136. The lowest BCUT2D eigenvalue weighted by atomic mass is 10.0. The number of carboxylic acid groups (broad SMARTS) is 1. The molecule has 0 spiro atoms. The minimum Gasteiger partial charge on any atom is -0.481 e. The van der Waals surface area contributed by atoms with E-state index in [0.717, 1.165) is 11.1 Å². The number of hydrogen-bond acceptors (Lipinski definition) is 3. The van der Waals surface area contributed by atoms with Crippen molar-refractivity contribution in [1.29, 1.82) is 0 Å². The van der Waals surface area contributed by atoms with Crippen molar-refractivity contribution in [2.24, 2.45) is 0 Å². The molecular formula is C14H14N2O2. The lowest BCUT2D eigenvalue weighted by Crippen LogP contribution is -2.05. The van der Waals surface area contributed by atoms with E-state index in [2.05, 4.69) is 16.0 Å². The second-order valence-electron chi connectivity index (χ2n) is 4.24. The van der Waals surface area contributed by atoms with Gasteiger partial charge in [0, 0.05) is 18.0 Å². The Labute approximate surface area is 105 Å². The van der Waals surface area contributed by atoms with Crippen LogP contribution in [0.2, 0.25) is 0 Å². The van der Waals surface area contributed by atoms with Crippen molar-refractivity contribution in [3.8, 4) is 11.3 Å². The Morgan fingerprint density at radius 2 is 1.94 bits per heavy atom. The van der Waals surface area contributed by atoms with Crippen molar-refractivity contribution in [3.05, 3.63) is 47.4 Å². The molecule has 4 heteroatoms. The Bertz CT molecular complexity index is 594. The van der Waals surface area contributed by atoms with Crippen molar-refractivity contribution in [1.82, 2.24) is 9.97 Å². The zero-order valence-electron chi connectivity index (χ0n) is 10.3. The van der Waals surface area contributed by atoms with Gasteiger partial charge in [0.25, 0.3) is 0 Å².